The molecule has 1 aliphatic heterocycles. The summed E-state index contributed by atoms with van der Waals surface area (Å²) in [7, 11) is 5.70. The fourth-order valence-corrected chi connectivity index (χ4v) is 1.54. The lowest BCUT2D eigenvalue weighted by Crippen LogP contribution is -2.19. The molecular weight excluding hydrogens is 147 g/mol. The van der Waals surface area contributed by atoms with Crippen molar-refractivity contribution in [2.75, 3.05) is 6.61 Å². The molecule has 0 atom stereocenters. The molecule has 0 bridgehead atoms. The monoisotopic (exact) mass is 158 g/mol. The Labute approximate surface area is 74.2 Å². The molecule has 60 valence electrons. The van der Waals surface area contributed by atoms with E-state index in [4.69, 9.17) is 12.6 Å². The summed E-state index contributed by atoms with van der Waals surface area (Å²) in [6.45, 7) is 5.09. The summed E-state index contributed by atoms with van der Waals surface area (Å²) in [5.74, 6) is 0.981. The van der Waals surface area contributed by atoms with Gasteiger partial charge in [-0.25, -0.2) is 0 Å². The van der Waals surface area contributed by atoms with Crippen molar-refractivity contribution >= 4 is 13.3 Å². The molecule has 1 aromatic carbocycles. The number of hydrogen-bond donors (Lipinski definition) is 0. The number of ether oxygens (including phenoxy) is 1. The molecule has 0 N–H and O–H groups in total. The Bertz CT molecular complexity index is 318. The minimum absolute atomic E-state index is 0.116. The molecule has 1 nitrogen and oxygen atoms in total. The van der Waals surface area contributed by atoms with Gasteiger partial charge in [-0.1, -0.05) is 31.4 Å². The van der Waals surface area contributed by atoms with E-state index in [1.807, 2.05) is 18.2 Å². The van der Waals surface area contributed by atoms with Crippen molar-refractivity contribution in [3.05, 3.63) is 23.8 Å². The maximum atomic E-state index is 5.70. The zero-order valence-corrected chi connectivity index (χ0v) is 7.42. The van der Waals surface area contributed by atoms with Crippen molar-refractivity contribution < 1.29 is 4.74 Å². The van der Waals surface area contributed by atoms with Crippen LogP contribution in [0.1, 0.15) is 19.4 Å². The first-order chi connectivity index (χ1) is 5.59. The van der Waals surface area contributed by atoms with Gasteiger partial charge in [-0.05, 0) is 6.07 Å². The third-order valence-electron chi connectivity index (χ3n) is 2.32. The van der Waals surface area contributed by atoms with Crippen molar-refractivity contribution in [3.8, 4) is 5.75 Å². The highest BCUT2D eigenvalue weighted by Gasteiger charge is 2.31. The zero-order chi connectivity index (χ0) is 8.77. The van der Waals surface area contributed by atoms with E-state index in [-0.39, 0.29) is 5.41 Å². The Kier molecular flexibility index (Phi) is 1.47. The number of rotatable bonds is 0. The molecular formula is C10H11BO. The van der Waals surface area contributed by atoms with Crippen LogP contribution in [0, 0.1) is 0 Å². The third-order valence-corrected chi connectivity index (χ3v) is 2.32. The van der Waals surface area contributed by atoms with E-state index >= 15 is 0 Å². The first-order valence-corrected chi connectivity index (χ1v) is 4.12. The van der Waals surface area contributed by atoms with Crippen LogP contribution in [0.4, 0.5) is 0 Å². The molecule has 0 aromatic heterocycles. The SMILES string of the molecule is [B]c1ccc2c(c1)C(C)(C)CO2. The first kappa shape index (κ1) is 7.72. The summed E-state index contributed by atoms with van der Waals surface area (Å²) in [4.78, 5) is 0. The van der Waals surface area contributed by atoms with Gasteiger partial charge in [-0.15, -0.1) is 0 Å². The normalized spacial score (nSPS) is 18.5. The molecule has 0 spiro atoms. The number of hydrogen-bond acceptors (Lipinski definition) is 1. The molecule has 1 aliphatic rings. The van der Waals surface area contributed by atoms with Crippen LogP contribution in [0.3, 0.4) is 0 Å². The predicted octanol–water partition coefficient (Wildman–Crippen LogP) is 1.15. The van der Waals surface area contributed by atoms with Crippen molar-refractivity contribution in [1.82, 2.24) is 0 Å². The minimum Gasteiger partial charge on any atom is -0.492 e. The first-order valence-electron chi connectivity index (χ1n) is 4.12. The highest BCUT2D eigenvalue weighted by atomic mass is 16.5. The van der Waals surface area contributed by atoms with E-state index in [1.54, 1.807) is 0 Å². The zero-order valence-electron chi connectivity index (χ0n) is 7.42. The van der Waals surface area contributed by atoms with Crippen LogP contribution in [0.25, 0.3) is 0 Å². The van der Waals surface area contributed by atoms with E-state index < -0.39 is 0 Å². The summed E-state index contributed by atoms with van der Waals surface area (Å²) >= 11 is 0. The molecule has 12 heavy (non-hydrogen) atoms. The van der Waals surface area contributed by atoms with Crippen LogP contribution in [0.15, 0.2) is 18.2 Å². The minimum atomic E-state index is 0.116. The Morgan fingerprint density at radius 3 is 2.92 bits per heavy atom. The van der Waals surface area contributed by atoms with Crippen molar-refractivity contribution in [1.29, 1.82) is 0 Å². The lowest BCUT2D eigenvalue weighted by molar-refractivity contribution is 0.291. The van der Waals surface area contributed by atoms with Crippen LogP contribution in [-0.4, -0.2) is 14.5 Å². The average Bonchev–Trinajstić information content (AvgIpc) is 2.28. The van der Waals surface area contributed by atoms with Crippen LogP contribution in [-0.2, 0) is 5.41 Å². The molecule has 2 radical (unpaired) electrons. The smallest absolute Gasteiger partial charge is 0.123 e. The van der Waals surface area contributed by atoms with Crippen LogP contribution >= 0.6 is 0 Å². The number of fused-ring (bicyclic) bond motifs is 1. The topological polar surface area (TPSA) is 9.23 Å². The number of benzene rings is 1. The predicted molar refractivity (Wildman–Crippen MR) is 50.4 cm³/mol. The highest BCUT2D eigenvalue weighted by molar-refractivity contribution is 6.32. The van der Waals surface area contributed by atoms with Gasteiger partial charge in [0.05, 0.1) is 6.61 Å². The summed E-state index contributed by atoms with van der Waals surface area (Å²) in [5, 5.41) is 0. The second kappa shape index (κ2) is 2.29. The summed E-state index contributed by atoms with van der Waals surface area (Å²) in [6, 6.07) is 5.82. The van der Waals surface area contributed by atoms with Gasteiger partial charge in [-0.3, -0.25) is 0 Å². The second-order valence-electron chi connectivity index (χ2n) is 3.93. The average molecular weight is 158 g/mol. The Balaban J connectivity index is 2.57. The van der Waals surface area contributed by atoms with Crippen LogP contribution in [0.5, 0.6) is 5.75 Å². The summed E-state index contributed by atoms with van der Waals surface area (Å²) in [5.41, 5.74) is 2.15. The van der Waals surface area contributed by atoms with Gasteiger partial charge < -0.3 is 4.74 Å². The molecule has 0 amide bonds. The lowest BCUT2D eigenvalue weighted by atomic mass is 9.83. The third kappa shape index (κ3) is 1.02. The van der Waals surface area contributed by atoms with Gasteiger partial charge in [0.2, 0.25) is 0 Å². The molecule has 1 heterocycles. The molecule has 0 aliphatic carbocycles. The fourth-order valence-electron chi connectivity index (χ4n) is 1.54. The Morgan fingerprint density at radius 2 is 2.17 bits per heavy atom. The maximum Gasteiger partial charge on any atom is 0.123 e. The van der Waals surface area contributed by atoms with E-state index in [2.05, 4.69) is 13.8 Å². The second-order valence-corrected chi connectivity index (χ2v) is 3.93. The highest BCUT2D eigenvalue weighted by Crippen LogP contribution is 2.36. The largest absolute Gasteiger partial charge is 0.492 e. The van der Waals surface area contributed by atoms with Gasteiger partial charge >= 0.3 is 0 Å². The molecule has 0 fully saturated rings. The molecule has 1 aromatic rings. The van der Waals surface area contributed by atoms with E-state index in [9.17, 15) is 0 Å². The molecule has 2 heteroatoms. The van der Waals surface area contributed by atoms with Gasteiger partial charge in [0.1, 0.15) is 13.6 Å². The van der Waals surface area contributed by atoms with Crippen molar-refractivity contribution in [3.63, 3.8) is 0 Å². The lowest BCUT2D eigenvalue weighted by Gasteiger charge is -2.15. The van der Waals surface area contributed by atoms with Gasteiger partial charge in [0, 0.05) is 11.0 Å². The molecule has 0 unspecified atom stereocenters. The molecule has 0 saturated heterocycles. The maximum absolute atomic E-state index is 5.70. The fraction of sp³-hybridized carbons (Fsp3) is 0.400. The Hall–Kier alpha value is -0.915. The van der Waals surface area contributed by atoms with Crippen molar-refractivity contribution in [2.45, 2.75) is 19.3 Å². The van der Waals surface area contributed by atoms with Gasteiger partial charge in [0.15, 0.2) is 0 Å². The quantitative estimate of drug-likeness (QED) is 0.514. The van der Waals surface area contributed by atoms with E-state index in [0.717, 1.165) is 17.8 Å². The van der Waals surface area contributed by atoms with Crippen LogP contribution in [0.2, 0.25) is 0 Å². The standard InChI is InChI=1S/C10H11BO/c1-10(2)6-12-9-4-3-7(11)5-8(9)10/h3-5H,6H2,1-2H3. The van der Waals surface area contributed by atoms with E-state index in [1.165, 1.54) is 5.56 Å². The van der Waals surface area contributed by atoms with Crippen molar-refractivity contribution in [2.24, 2.45) is 0 Å². The molecule has 2 rings (SSSR count). The molecule has 0 saturated carbocycles. The van der Waals surface area contributed by atoms with Crippen LogP contribution < -0.4 is 10.2 Å². The summed E-state index contributed by atoms with van der Waals surface area (Å²) in [6.07, 6.45) is 0. The van der Waals surface area contributed by atoms with Gasteiger partial charge in [0.25, 0.3) is 0 Å². The van der Waals surface area contributed by atoms with Gasteiger partial charge in [-0.2, -0.15) is 0 Å². The Morgan fingerprint density at radius 1 is 1.42 bits per heavy atom. The van der Waals surface area contributed by atoms with E-state index in [0.29, 0.717) is 0 Å². The summed E-state index contributed by atoms with van der Waals surface area (Å²) < 4.78 is 5.51.